The summed E-state index contributed by atoms with van der Waals surface area (Å²) in [6, 6.07) is 13.8. The van der Waals surface area contributed by atoms with Crippen molar-refractivity contribution >= 4 is 34.1 Å². The Kier molecular flexibility index (Phi) is 4.36. The summed E-state index contributed by atoms with van der Waals surface area (Å²) in [6.07, 6.45) is 2.67. The van der Waals surface area contributed by atoms with Crippen LogP contribution in [0.25, 0.3) is 10.9 Å². The van der Waals surface area contributed by atoms with Crippen molar-refractivity contribution < 1.29 is 4.79 Å². The molecule has 1 unspecified atom stereocenters. The van der Waals surface area contributed by atoms with Crippen molar-refractivity contribution in [3.8, 4) is 0 Å². The fourth-order valence-electron chi connectivity index (χ4n) is 4.58. The zero-order chi connectivity index (χ0) is 20.1. The van der Waals surface area contributed by atoms with Gasteiger partial charge in [0.2, 0.25) is 5.43 Å². The maximum absolute atomic E-state index is 13.2. The van der Waals surface area contributed by atoms with E-state index in [-0.39, 0.29) is 22.9 Å². The Morgan fingerprint density at radius 2 is 1.83 bits per heavy atom. The van der Waals surface area contributed by atoms with Crippen molar-refractivity contribution in [1.29, 1.82) is 0 Å². The Balaban J connectivity index is 1.42. The zero-order valence-electron chi connectivity index (χ0n) is 16.3. The van der Waals surface area contributed by atoms with Crippen LogP contribution in [-0.2, 0) is 6.42 Å². The molecule has 6 heteroatoms. The first-order valence-corrected chi connectivity index (χ1v) is 10.4. The third-order valence-corrected chi connectivity index (χ3v) is 6.33. The molecule has 0 spiro atoms. The van der Waals surface area contributed by atoms with Crippen molar-refractivity contribution in [3.05, 3.63) is 75.0 Å². The van der Waals surface area contributed by atoms with E-state index in [9.17, 15) is 9.59 Å². The molecule has 1 saturated heterocycles. The molecule has 148 valence electrons. The Hall–Kier alpha value is -2.79. The van der Waals surface area contributed by atoms with E-state index in [0.717, 1.165) is 17.6 Å². The molecule has 3 heterocycles. The maximum Gasteiger partial charge on any atom is 0.259 e. The number of hydrogen-bond acceptors (Lipinski definition) is 3. The van der Waals surface area contributed by atoms with Crippen LogP contribution in [0.3, 0.4) is 0 Å². The van der Waals surface area contributed by atoms with Gasteiger partial charge >= 0.3 is 0 Å². The summed E-state index contributed by atoms with van der Waals surface area (Å²) in [7, 11) is 0. The van der Waals surface area contributed by atoms with Crippen molar-refractivity contribution in [3.63, 3.8) is 0 Å². The minimum atomic E-state index is -0.170. The number of pyridine rings is 1. The lowest BCUT2D eigenvalue weighted by molar-refractivity contribution is 0.0745. The van der Waals surface area contributed by atoms with Gasteiger partial charge in [-0.25, -0.2) is 0 Å². The SMILES string of the molecule is CC1Cc2cccc3c(=O)c(C(=O)N4CCN(c5cccc(Cl)c5)CC4)cn1c23. The Morgan fingerprint density at radius 1 is 1.07 bits per heavy atom. The van der Waals surface area contributed by atoms with E-state index in [1.54, 1.807) is 11.1 Å². The zero-order valence-corrected chi connectivity index (χ0v) is 17.0. The summed E-state index contributed by atoms with van der Waals surface area (Å²) in [5, 5.41) is 1.35. The minimum absolute atomic E-state index is 0.158. The molecule has 0 aliphatic carbocycles. The number of halogens is 1. The topological polar surface area (TPSA) is 45.6 Å². The molecule has 29 heavy (non-hydrogen) atoms. The summed E-state index contributed by atoms with van der Waals surface area (Å²) >= 11 is 6.10. The second kappa shape index (κ2) is 6.92. The minimum Gasteiger partial charge on any atom is -0.368 e. The van der Waals surface area contributed by atoms with E-state index in [0.29, 0.717) is 36.6 Å². The molecular weight excluding hydrogens is 386 g/mol. The van der Waals surface area contributed by atoms with Gasteiger partial charge in [-0.3, -0.25) is 9.59 Å². The Morgan fingerprint density at radius 3 is 2.59 bits per heavy atom. The largest absolute Gasteiger partial charge is 0.368 e. The quantitative estimate of drug-likeness (QED) is 0.650. The summed E-state index contributed by atoms with van der Waals surface area (Å²) in [5.74, 6) is -0.170. The highest BCUT2D eigenvalue weighted by Gasteiger charge is 2.28. The number of aromatic nitrogens is 1. The van der Waals surface area contributed by atoms with Gasteiger partial charge in [0.15, 0.2) is 0 Å². The van der Waals surface area contributed by atoms with Crippen molar-refractivity contribution in [2.75, 3.05) is 31.1 Å². The molecule has 5 rings (SSSR count). The van der Waals surface area contributed by atoms with Crippen LogP contribution >= 0.6 is 11.6 Å². The fraction of sp³-hybridized carbons (Fsp3) is 0.304. The number of anilines is 1. The summed E-state index contributed by atoms with van der Waals surface area (Å²) in [5.41, 5.74) is 3.34. The third-order valence-electron chi connectivity index (χ3n) is 6.10. The van der Waals surface area contributed by atoms with Crippen LogP contribution < -0.4 is 10.3 Å². The molecule has 3 aromatic rings. The van der Waals surface area contributed by atoms with Gasteiger partial charge in [0.1, 0.15) is 5.56 Å². The van der Waals surface area contributed by atoms with E-state index in [4.69, 9.17) is 11.6 Å². The van der Waals surface area contributed by atoms with Crippen molar-refractivity contribution in [2.24, 2.45) is 0 Å². The van der Waals surface area contributed by atoms with Gasteiger partial charge in [-0.2, -0.15) is 0 Å². The molecular formula is C23H22ClN3O2. The molecule has 0 bridgehead atoms. The molecule has 2 aliphatic rings. The smallest absolute Gasteiger partial charge is 0.259 e. The first kappa shape index (κ1) is 18.3. The summed E-state index contributed by atoms with van der Waals surface area (Å²) in [6.45, 7) is 4.72. The molecule has 1 atom stereocenters. The molecule has 0 saturated carbocycles. The van der Waals surface area contributed by atoms with Crippen LogP contribution in [0.1, 0.15) is 28.9 Å². The molecule has 1 amide bonds. The number of carbonyl (C=O) groups is 1. The van der Waals surface area contributed by atoms with Gasteiger partial charge in [0.25, 0.3) is 5.91 Å². The monoisotopic (exact) mass is 407 g/mol. The lowest BCUT2D eigenvalue weighted by atomic mass is 10.1. The predicted octanol–water partition coefficient (Wildman–Crippen LogP) is 3.73. The van der Waals surface area contributed by atoms with Crippen LogP contribution in [0.15, 0.2) is 53.5 Å². The number of rotatable bonds is 2. The van der Waals surface area contributed by atoms with E-state index in [2.05, 4.69) is 22.5 Å². The lowest BCUT2D eigenvalue weighted by Crippen LogP contribution is -2.49. The standard InChI is InChI=1S/C23H22ClN3O2/c1-15-12-16-4-2-7-19-21(16)27(15)14-20(22(19)28)23(29)26-10-8-25(9-11-26)18-6-3-5-17(24)13-18/h2-7,13-15H,8-12H2,1H3. The van der Waals surface area contributed by atoms with Crippen LogP contribution in [-0.4, -0.2) is 41.6 Å². The summed E-state index contributed by atoms with van der Waals surface area (Å²) < 4.78 is 2.10. The van der Waals surface area contributed by atoms with Crippen LogP contribution in [0.5, 0.6) is 0 Å². The molecule has 5 nitrogen and oxygen atoms in total. The predicted molar refractivity (Wildman–Crippen MR) is 116 cm³/mol. The highest BCUT2D eigenvalue weighted by atomic mass is 35.5. The molecule has 1 aromatic heterocycles. The van der Waals surface area contributed by atoms with Crippen LogP contribution in [0.2, 0.25) is 5.02 Å². The number of benzene rings is 2. The third kappa shape index (κ3) is 3.01. The van der Waals surface area contributed by atoms with Gasteiger partial charge in [0.05, 0.1) is 5.52 Å². The number of para-hydroxylation sites is 1. The van der Waals surface area contributed by atoms with Crippen molar-refractivity contribution in [1.82, 2.24) is 9.47 Å². The van der Waals surface area contributed by atoms with E-state index < -0.39 is 0 Å². The normalized spacial score (nSPS) is 18.5. The van der Waals surface area contributed by atoms with Gasteiger partial charge in [-0.1, -0.05) is 29.8 Å². The summed E-state index contributed by atoms with van der Waals surface area (Å²) in [4.78, 5) is 30.3. The number of nitrogens with zero attached hydrogens (tertiary/aromatic N) is 3. The van der Waals surface area contributed by atoms with Crippen LogP contribution in [0.4, 0.5) is 5.69 Å². The molecule has 2 aliphatic heterocycles. The number of amides is 1. The van der Waals surface area contributed by atoms with Crippen LogP contribution in [0, 0.1) is 0 Å². The van der Waals surface area contributed by atoms with E-state index in [1.807, 2.05) is 36.4 Å². The van der Waals surface area contributed by atoms with E-state index in [1.165, 1.54) is 5.56 Å². The van der Waals surface area contributed by atoms with Gasteiger partial charge in [-0.15, -0.1) is 0 Å². The second-order valence-electron chi connectivity index (χ2n) is 7.90. The van der Waals surface area contributed by atoms with E-state index >= 15 is 0 Å². The first-order chi connectivity index (χ1) is 14.0. The lowest BCUT2D eigenvalue weighted by Gasteiger charge is -2.36. The maximum atomic E-state index is 13.2. The highest BCUT2D eigenvalue weighted by molar-refractivity contribution is 6.30. The van der Waals surface area contributed by atoms with Gasteiger partial charge in [-0.05, 0) is 43.2 Å². The molecule has 2 aromatic carbocycles. The first-order valence-electron chi connectivity index (χ1n) is 9.99. The Bertz CT molecular complexity index is 1180. The molecule has 1 fully saturated rings. The number of carbonyl (C=O) groups excluding carboxylic acids is 1. The average molecular weight is 408 g/mol. The van der Waals surface area contributed by atoms with Gasteiger partial charge in [0, 0.05) is 54.5 Å². The molecule has 0 radical (unpaired) electrons. The fourth-order valence-corrected chi connectivity index (χ4v) is 4.76. The molecule has 0 N–H and O–H groups in total. The average Bonchev–Trinajstić information content (AvgIpc) is 3.06. The van der Waals surface area contributed by atoms with Gasteiger partial charge < -0.3 is 14.4 Å². The number of piperazine rings is 1. The second-order valence-corrected chi connectivity index (χ2v) is 8.34. The Labute approximate surface area is 174 Å². The number of hydrogen-bond donors (Lipinski definition) is 0. The van der Waals surface area contributed by atoms with Crippen molar-refractivity contribution in [2.45, 2.75) is 19.4 Å². The highest BCUT2D eigenvalue weighted by Crippen LogP contribution is 2.31.